The maximum Gasteiger partial charge on any atom is 0.246 e. The molecule has 7 nitrogen and oxygen atoms in total. The molecule has 0 bridgehead atoms. The SMILES string of the molecule is CC(=O)Nc1ccc(NC(=O)C[C@H]2CC[C@H]3[C@@H]4CC[C@H]5N(C)C(=O)C=C[C@]5(C)[C@H]4CC[C@]23C)cn1. The van der Waals surface area contributed by atoms with Gasteiger partial charge in [0.2, 0.25) is 17.7 Å². The van der Waals surface area contributed by atoms with Crippen LogP contribution in [0, 0.1) is 34.5 Å². The molecule has 5 rings (SSSR count). The highest BCUT2D eigenvalue weighted by Gasteiger charge is 2.60. The topological polar surface area (TPSA) is 91.4 Å². The van der Waals surface area contributed by atoms with Crippen LogP contribution in [0.4, 0.5) is 11.5 Å². The predicted octanol–water partition coefficient (Wildman–Crippen LogP) is 4.62. The summed E-state index contributed by atoms with van der Waals surface area (Å²) in [6.07, 6.45) is 13.0. The van der Waals surface area contributed by atoms with E-state index in [0.717, 1.165) is 19.3 Å². The van der Waals surface area contributed by atoms with Crippen LogP contribution < -0.4 is 10.6 Å². The van der Waals surface area contributed by atoms with E-state index in [-0.39, 0.29) is 28.6 Å². The van der Waals surface area contributed by atoms with Crippen LogP contribution in [-0.4, -0.2) is 40.7 Å². The quantitative estimate of drug-likeness (QED) is 0.660. The van der Waals surface area contributed by atoms with E-state index in [4.69, 9.17) is 0 Å². The molecular formula is C28H38N4O3. The summed E-state index contributed by atoms with van der Waals surface area (Å²) in [5.74, 6) is 2.79. The average Bonchev–Trinajstić information content (AvgIpc) is 3.13. The van der Waals surface area contributed by atoms with E-state index in [2.05, 4.69) is 35.5 Å². The molecule has 35 heavy (non-hydrogen) atoms. The molecule has 1 aromatic heterocycles. The Morgan fingerprint density at radius 1 is 1.09 bits per heavy atom. The van der Waals surface area contributed by atoms with Crippen LogP contribution in [0.25, 0.3) is 0 Å². The van der Waals surface area contributed by atoms with Gasteiger partial charge in [0.15, 0.2) is 0 Å². The summed E-state index contributed by atoms with van der Waals surface area (Å²) in [6, 6.07) is 3.78. The van der Waals surface area contributed by atoms with Crippen molar-refractivity contribution in [3.05, 3.63) is 30.5 Å². The van der Waals surface area contributed by atoms with Gasteiger partial charge in [-0.1, -0.05) is 19.9 Å². The lowest BCUT2D eigenvalue weighted by molar-refractivity contribution is -0.139. The van der Waals surface area contributed by atoms with Crippen LogP contribution in [0.3, 0.4) is 0 Å². The lowest BCUT2D eigenvalue weighted by atomic mass is 9.47. The summed E-state index contributed by atoms with van der Waals surface area (Å²) >= 11 is 0. The van der Waals surface area contributed by atoms with E-state index >= 15 is 0 Å². The minimum Gasteiger partial charge on any atom is -0.338 e. The molecule has 1 aromatic rings. The molecule has 0 spiro atoms. The fraction of sp³-hybridized carbons (Fsp3) is 0.643. The van der Waals surface area contributed by atoms with Crippen molar-refractivity contribution < 1.29 is 14.4 Å². The molecule has 7 atom stereocenters. The molecule has 7 heteroatoms. The third kappa shape index (κ3) is 4.07. The van der Waals surface area contributed by atoms with Crippen molar-refractivity contribution >= 4 is 29.2 Å². The Bertz CT molecular complexity index is 1050. The molecule has 0 saturated heterocycles. The average molecular weight is 479 g/mol. The maximum absolute atomic E-state index is 13.0. The molecule has 0 unspecified atom stereocenters. The van der Waals surface area contributed by atoms with Crippen molar-refractivity contribution in [1.29, 1.82) is 0 Å². The molecule has 1 aliphatic heterocycles. The Morgan fingerprint density at radius 2 is 1.89 bits per heavy atom. The number of anilines is 2. The van der Waals surface area contributed by atoms with Crippen molar-refractivity contribution in [2.75, 3.05) is 17.7 Å². The first-order valence-corrected chi connectivity index (χ1v) is 13.1. The van der Waals surface area contributed by atoms with Crippen LogP contribution in [0.15, 0.2) is 30.5 Å². The Morgan fingerprint density at radius 3 is 2.60 bits per heavy atom. The maximum atomic E-state index is 13.0. The number of nitrogens with zero attached hydrogens (tertiary/aromatic N) is 2. The van der Waals surface area contributed by atoms with Gasteiger partial charge in [-0.3, -0.25) is 14.4 Å². The lowest BCUT2D eigenvalue weighted by Crippen LogP contribution is -2.59. The van der Waals surface area contributed by atoms with Gasteiger partial charge in [0.05, 0.1) is 11.9 Å². The van der Waals surface area contributed by atoms with Crippen LogP contribution in [0.5, 0.6) is 0 Å². The Kier molecular flexibility index (Phi) is 6.01. The fourth-order valence-electron chi connectivity index (χ4n) is 8.34. The van der Waals surface area contributed by atoms with Gasteiger partial charge < -0.3 is 15.5 Å². The summed E-state index contributed by atoms with van der Waals surface area (Å²) in [7, 11) is 1.97. The van der Waals surface area contributed by atoms with Crippen LogP contribution in [0.2, 0.25) is 0 Å². The summed E-state index contributed by atoms with van der Waals surface area (Å²) < 4.78 is 0. The largest absolute Gasteiger partial charge is 0.338 e. The summed E-state index contributed by atoms with van der Waals surface area (Å²) in [5.41, 5.74) is 0.898. The first-order chi connectivity index (χ1) is 16.6. The number of hydrogen-bond acceptors (Lipinski definition) is 4. The number of fused-ring (bicyclic) bond motifs is 5. The zero-order valence-electron chi connectivity index (χ0n) is 21.3. The molecular weight excluding hydrogens is 440 g/mol. The van der Waals surface area contributed by atoms with Crippen molar-refractivity contribution in [2.45, 2.75) is 71.8 Å². The van der Waals surface area contributed by atoms with Crippen molar-refractivity contribution in [1.82, 2.24) is 9.88 Å². The van der Waals surface area contributed by atoms with Gasteiger partial charge in [0.1, 0.15) is 5.82 Å². The number of nitrogens with one attached hydrogen (secondary N) is 2. The van der Waals surface area contributed by atoms with Gasteiger partial charge >= 0.3 is 0 Å². The smallest absolute Gasteiger partial charge is 0.246 e. The third-order valence-electron chi connectivity index (χ3n) is 10.1. The first-order valence-electron chi connectivity index (χ1n) is 13.1. The van der Waals surface area contributed by atoms with E-state index < -0.39 is 0 Å². The van der Waals surface area contributed by atoms with Gasteiger partial charge in [-0.05, 0) is 85.8 Å². The van der Waals surface area contributed by atoms with Crippen molar-refractivity contribution in [3.63, 3.8) is 0 Å². The zero-order valence-corrected chi connectivity index (χ0v) is 21.3. The predicted molar refractivity (Wildman–Crippen MR) is 135 cm³/mol. The Labute approximate surface area is 208 Å². The number of carbonyl (C=O) groups excluding carboxylic acids is 3. The Balaban J connectivity index is 1.26. The molecule has 3 amide bonds. The molecule has 188 valence electrons. The van der Waals surface area contributed by atoms with E-state index in [0.29, 0.717) is 47.6 Å². The van der Waals surface area contributed by atoms with Gasteiger partial charge in [0, 0.05) is 31.8 Å². The number of likely N-dealkylation sites (N-methyl/N-ethyl adjacent to an activating group) is 1. The number of pyridine rings is 1. The molecule has 4 aliphatic rings. The number of hydrogen-bond donors (Lipinski definition) is 2. The zero-order chi connectivity index (χ0) is 25.0. The van der Waals surface area contributed by atoms with E-state index in [1.165, 1.54) is 26.2 Å². The fourth-order valence-corrected chi connectivity index (χ4v) is 8.34. The molecule has 3 fully saturated rings. The Hall–Kier alpha value is -2.70. The molecule has 0 radical (unpaired) electrons. The molecule has 3 saturated carbocycles. The number of amides is 3. The third-order valence-corrected chi connectivity index (χ3v) is 10.1. The molecule has 2 heterocycles. The number of carbonyl (C=O) groups is 3. The lowest BCUT2D eigenvalue weighted by Gasteiger charge is -2.60. The highest BCUT2D eigenvalue weighted by molar-refractivity contribution is 5.91. The molecule has 0 aromatic carbocycles. The second-order valence-corrected chi connectivity index (χ2v) is 11.8. The highest BCUT2D eigenvalue weighted by atomic mass is 16.2. The van der Waals surface area contributed by atoms with Crippen LogP contribution >= 0.6 is 0 Å². The van der Waals surface area contributed by atoms with Crippen LogP contribution in [0.1, 0.15) is 65.7 Å². The molecule has 3 aliphatic carbocycles. The van der Waals surface area contributed by atoms with Crippen molar-refractivity contribution in [2.24, 2.45) is 34.5 Å². The van der Waals surface area contributed by atoms with E-state index in [1.54, 1.807) is 24.4 Å². The second kappa shape index (κ2) is 8.75. The number of aromatic nitrogens is 1. The van der Waals surface area contributed by atoms with Gasteiger partial charge in [-0.25, -0.2) is 4.98 Å². The van der Waals surface area contributed by atoms with Gasteiger partial charge in [-0.15, -0.1) is 0 Å². The standard InChI is InChI=1S/C28H38N4O3/c1-17(33)30-24-10-6-19(16-29-24)31-25(34)15-18-5-8-21-20-7-9-23-28(3,14-12-26(35)32(23)4)22(20)11-13-27(18,21)2/h6,10,12,14,16,18,20-23H,5,7-9,11,13,15H2,1-4H3,(H,31,34)(H,29,30,33)/t18-,20+,21+,22+,23-,27-,28-/m1/s1. The van der Waals surface area contributed by atoms with E-state index in [1.807, 2.05) is 11.9 Å². The monoisotopic (exact) mass is 478 g/mol. The van der Waals surface area contributed by atoms with Crippen LogP contribution in [-0.2, 0) is 14.4 Å². The summed E-state index contributed by atoms with van der Waals surface area (Å²) in [5, 5.41) is 5.65. The summed E-state index contributed by atoms with van der Waals surface area (Å²) in [6.45, 7) is 6.25. The minimum absolute atomic E-state index is 0.0408. The normalized spacial score (nSPS) is 37.8. The van der Waals surface area contributed by atoms with Gasteiger partial charge in [0.25, 0.3) is 0 Å². The minimum atomic E-state index is -0.171. The van der Waals surface area contributed by atoms with Gasteiger partial charge in [-0.2, -0.15) is 0 Å². The van der Waals surface area contributed by atoms with E-state index in [9.17, 15) is 14.4 Å². The van der Waals surface area contributed by atoms with Crippen molar-refractivity contribution in [3.8, 4) is 0 Å². The number of rotatable bonds is 4. The first kappa shape index (κ1) is 24.0. The second-order valence-electron chi connectivity index (χ2n) is 11.8. The highest BCUT2D eigenvalue weighted by Crippen LogP contribution is 2.65. The molecule has 2 N–H and O–H groups in total. The summed E-state index contributed by atoms with van der Waals surface area (Å²) in [4.78, 5) is 42.6.